The molecule has 3 heterocycles. The third-order valence-electron chi connectivity index (χ3n) is 4.94. The summed E-state index contributed by atoms with van der Waals surface area (Å²) >= 11 is 0. The molecule has 0 aliphatic carbocycles. The summed E-state index contributed by atoms with van der Waals surface area (Å²) in [5.41, 5.74) is 7.69. The number of sulfone groups is 1. The van der Waals surface area contributed by atoms with E-state index < -0.39 is 9.84 Å². The van der Waals surface area contributed by atoms with E-state index in [2.05, 4.69) is 20.1 Å². The highest BCUT2D eigenvalue weighted by Gasteiger charge is 2.17. The number of pyridine rings is 1. The Balaban J connectivity index is 1.38. The van der Waals surface area contributed by atoms with Crippen LogP contribution in [0.4, 0.5) is 5.82 Å². The van der Waals surface area contributed by atoms with Crippen LogP contribution in [0.3, 0.4) is 0 Å². The molecule has 33 heavy (non-hydrogen) atoms. The molecule has 0 aliphatic rings. The van der Waals surface area contributed by atoms with Gasteiger partial charge >= 0.3 is 0 Å². The highest BCUT2D eigenvalue weighted by atomic mass is 32.2. The monoisotopic (exact) mass is 458 g/mol. The fourth-order valence-electron chi connectivity index (χ4n) is 3.35. The lowest BCUT2D eigenvalue weighted by Crippen LogP contribution is -2.06. The fourth-order valence-corrected chi connectivity index (χ4v) is 4.63. The SMILES string of the molecule is Nc1ncnc2c1cnn2-c1cccc(CS(=O)(=O)c2ccc(Oc3ccccc3)nc2)c1. The smallest absolute Gasteiger partial charge is 0.219 e. The molecule has 5 rings (SSSR count). The second-order valence-corrected chi connectivity index (χ2v) is 9.22. The number of nitrogens with zero attached hydrogens (tertiary/aromatic N) is 5. The first-order valence-corrected chi connectivity index (χ1v) is 11.6. The van der Waals surface area contributed by atoms with E-state index in [1.807, 2.05) is 24.3 Å². The zero-order chi connectivity index (χ0) is 22.8. The summed E-state index contributed by atoms with van der Waals surface area (Å²) in [6.07, 6.45) is 4.25. The Morgan fingerprint density at radius 3 is 2.55 bits per heavy atom. The molecule has 2 aromatic carbocycles. The van der Waals surface area contributed by atoms with Crippen molar-refractivity contribution in [1.29, 1.82) is 0 Å². The Morgan fingerprint density at radius 1 is 0.909 bits per heavy atom. The van der Waals surface area contributed by atoms with Crippen LogP contribution in [0.25, 0.3) is 16.7 Å². The second-order valence-electron chi connectivity index (χ2n) is 7.23. The lowest BCUT2D eigenvalue weighted by atomic mass is 10.2. The summed E-state index contributed by atoms with van der Waals surface area (Å²) in [6, 6.07) is 19.3. The van der Waals surface area contributed by atoms with E-state index in [1.165, 1.54) is 24.7 Å². The Hall–Kier alpha value is -4.31. The maximum absolute atomic E-state index is 13.0. The van der Waals surface area contributed by atoms with Crippen LogP contribution in [0.1, 0.15) is 5.56 Å². The Labute approximate surface area is 189 Å². The van der Waals surface area contributed by atoms with Crippen LogP contribution >= 0.6 is 0 Å². The summed E-state index contributed by atoms with van der Waals surface area (Å²) in [4.78, 5) is 12.5. The van der Waals surface area contributed by atoms with Gasteiger partial charge in [-0.05, 0) is 35.9 Å². The van der Waals surface area contributed by atoms with Crippen LogP contribution in [0.15, 0.2) is 90.3 Å². The number of hydrogen-bond donors (Lipinski definition) is 1. The first-order chi connectivity index (χ1) is 16.0. The largest absolute Gasteiger partial charge is 0.439 e. The molecule has 0 unspecified atom stereocenters. The zero-order valence-electron chi connectivity index (χ0n) is 17.2. The topological polar surface area (TPSA) is 126 Å². The van der Waals surface area contributed by atoms with Crippen molar-refractivity contribution >= 4 is 26.7 Å². The van der Waals surface area contributed by atoms with Crippen LogP contribution in [0.5, 0.6) is 11.6 Å². The predicted molar refractivity (Wildman–Crippen MR) is 123 cm³/mol. The van der Waals surface area contributed by atoms with Crippen molar-refractivity contribution < 1.29 is 13.2 Å². The van der Waals surface area contributed by atoms with Gasteiger partial charge in [0.1, 0.15) is 17.9 Å². The van der Waals surface area contributed by atoms with Crippen molar-refractivity contribution in [2.75, 3.05) is 5.73 Å². The van der Waals surface area contributed by atoms with Crippen LogP contribution in [-0.4, -0.2) is 33.2 Å². The number of para-hydroxylation sites is 1. The van der Waals surface area contributed by atoms with E-state index in [-0.39, 0.29) is 10.6 Å². The number of rotatable bonds is 6. The Bertz CT molecular complexity index is 1530. The molecule has 0 saturated heterocycles. The third kappa shape index (κ3) is 4.23. The van der Waals surface area contributed by atoms with Gasteiger partial charge in [0.2, 0.25) is 5.88 Å². The molecule has 3 aromatic heterocycles. The van der Waals surface area contributed by atoms with E-state index in [4.69, 9.17) is 10.5 Å². The van der Waals surface area contributed by atoms with Crippen molar-refractivity contribution in [3.05, 3.63) is 91.0 Å². The molecule has 0 saturated carbocycles. The van der Waals surface area contributed by atoms with E-state index in [0.29, 0.717) is 39.7 Å². The van der Waals surface area contributed by atoms with Gasteiger partial charge in [0.15, 0.2) is 15.5 Å². The van der Waals surface area contributed by atoms with Crippen LogP contribution < -0.4 is 10.5 Å². The van der Waals surface area contributed by atoms with Gasteiger partial charge in [0, 0.05) is 12.3 Å². The molecule has 5 aromatic rings. The van der Waals surface area contributed by atoms with Crippen LogP contribution in [-0.2, 0) is 15.6 Å². The number of ether oxygens (including phenoxy) is 1. The van der Waals surface area contributed by atoms with Gasteiger partial charge in [-0.2, -0.15) is 5.10 Å². The summed E-state index contributed by atoms with van der Waals surface area (Å²) in [5.74, 6) is 1.07. The minimum absolute atomic E-state index is 0.110. The molecule has 0 atom stereocenters. The molecule has 2 N–H and O–H groups in total. The summed E-state index contributed by atoms with van der Waals surface area (Å²) < 4.78 is 33.2. The van der Waals surface area contributed by atoms with Crippen LogP contribution in [0.2, 0.25) is 0 Å². The van der Waals surface area contributed by atoms with Crippen molar-refractivity contribution in [1.82, 2.24) is 24.7 Å². The van der Waals surface area contributed by atoms with Gasteiger partial charge in [-0.1, -0.05) is 30.3 Å². The number of benzene rings is 2. The molecule has 0 spiro atoms. The molecule has 0 bridgehead atoms. The molecule has 9 nitrogen and oxygen atoms in total. The molecule has 164 valence electrons. The fraction of sp³-hybridized carbons (Fsp3) is 0.0435. The standard InChI is InChI=1S/C23H18N6O3S/c24-22-20-13-28-29(23(20)27-15-26-22)17-6-4-5-16(11-17)14-33(30,31)19-9-10-21(25-12-19)32-18-7-2-1-3-8-18/h1-13,15H,14H2,(H2,24,26,27). The highest BCUT2D eigenvalue weighted by Crippen LogP contribution is 2.24. The molecule has 0 amide bonds. The predicted octanol–water partition coefficient (Wildman–Crippen LogP) is 3.56. The number of anilines is 1. The molecular formula is C23H18N6O3S. The van der Waals surface area contributed by atoms with Gasteiger partial charge in [-0.15, -0.1) is 0 Å². The zero-order valence-corrected chi connectivity index (χ0v) is 18.1. The quantitative estimate of drug-likeness (QED) is 0.409. The lowest BCUT2D eigenvalue weighted by molar-refractivity contribution is 0.462. The highest BCUT2D eigenvalue weighted by molar-refractivity contribution is 7.90. The normalized spacial score (nSPS) is 11.5. The van der Waals surface area contributed by atoms with Crippen molar-refractivity contribution in [3.63, 3.8) is 0 Å². The van der Waals surface area contributed by atoms with Gasteiger partial charge in [0.05, 0.1) is 27.9 Å². The average Bonchev–Trinajstić information content (AvgIpc) is 3.26. The van der Waals surface area contributed by atoms with Crippen LogP contribution in [0, 0.1) is 0 Å². The number of nitrogen functional groups attached to an aromatic ring is 1. The minimum atomic E-state index is -3.63. The van der Waals surface area contributed by atoms with E-state index in [0.717, 1.165) is 0 Å². The molecular weight excluding hydrogens is 440 g/mol. The summed E-state index contributed by atoms with van der Waals surface area (Å²) in [7, 11) is -3.63. The van der Waals surface area contributed by atoms with E-state index in [1.54, 1.807) is 41.2 Å². The summed E-state index contributed by atoms with van der Waals surface area (Å²) in [5, 5.41) is 4.95. The average molecular weight is 459 g/mol. The first kappa shape index (κ1) is 20.6. The minimum Gasteiger partial charge on any atom is -0.439 e. The number of nitrogens with two attached hydrogens (primary N) is 1. The number of hydrogen-bond acceptors (Lipinski definition) is 8. The van der Waals surface area contributed by atoms with Gasteiger partial charge in [-0.25, -0.2) is 28.1 Å². The first-order valence-electron chi connectivity index (χ1n) is 9.95. The van der Waals surface area contributed by atoms with Crippen molar-refractivity contribution in [3.8, 4) is 17.3 Å². The molecule has 0 aliphatic heterocycles. The van der Waals surface area contributed by atoms with Gasteiger partial charge in [-0.3, -0.25) is 0 Å². The Kier molecular flexibility index (Phi) is 5.19. The second kappa shape index (κ2) is 8.32. The van der Waals surface area contributed by atoms with Gasteiger partial charge < -0.3 is 10.5 Å². The molecule has 10 heteroatoms. The van der Waals surface area contributed by atoms with Crippen molar-refractivity contribution in [2.45, 2.75) is 10.6 Å². The maximum Gasteiger partial charge on any atom is 0.219 e. The third-order valence-corrected chi connectivity index (χ3v) is 6.62. The summed E-state index contributed by atoms with van der Waals surface area (Å²) in [6.45, 7) is 0. The van der Waals surface area contributed by atoms with E-state index in [9.17, 15) is 8.42 Å². The van der Waals surface area contributed by atoms with Gasteiger partial charge in [0.25, 0.3) is 0 Å². The number of fused-ring (bicyclic) bond motifs is 1. The molecule has 0 radical (unpaired) electrons. The lowest BCUT2D eigenvalue weighted by Gasteiger charge is -2.09. The Morgan fingerprint density at radius 2 is 1.76 bits per heavy atom. The van der Waals surface area contributed by atoms with Crippen molar-refractivity contribution in [2.24, 2.45) is 0 Å². The number of aromatic nitrogens is 5. The van der Waals surface area contributed by atoms with E-state index >= 15 is 0 Å². The maximum atomic E-state index is 13.0. The molecule has 0 fully saturated rings.